The number of esters is 1. The summed E-state index contributed by atoms with van der Waals surface area (Å²) in [6.07, 6.45) is 4.53. The first-order valence-electron chi connectivity index (χ1n) is 7.08. The molecule has 0 unspecified atom stereocenters. The van der Waals surface area contributed by atoms with E-state index in [-0.39, 0.29) is 11.8 Å². The zero-order chi connectivity index (χ0) is 14.8. The Hall–Kier alpha value is -1.94. The third-order valence-corrected chi connectivity index (χ3v) is 4.89. The van der Waals surface area contributed by atoms with E-state index in [1.165, 1.54) is 30.2 Å². The van der Waals surface area contributed by atoms with Crippen LogP contribution in [0.25, 0.3) is 0 Å². The average molecular weight is 300 g/mol. The maximum atomic E-state index is 12.2. The predicted octanol–water partition coefficient (Wildman–Crippen LogP) is 4.05. The van der Waals surface area contributed by atoms with Gasteiger partial charge >= 0.3 is 5.97 Å². The molecule has 0 saturated heterocycles. The fourth-order valence-electron chi connectivity index (χ4n) is 2.51. The first-order chi connectivity index (χ1) is 10.1. The van der Waals surface area contributed by atoms with Gasteiger partial charge in [0.05, 0.1) is 0 Å². The molecule has 0 fully saturated rings. The number of Topliss-reactive ketones (excluding diaryl/α,β-unsaturated/α-hetero) is 1. The summed E-state index contributed by atoms with van der Waals surface area (Å²) in [5, 5.41) is 0. The molecule has 0 bridgehead atoms. The van der Waals surface area contributed by atoms with Gasteiger partial charge in [-0.1, -0.05) is 0 Å². The number of benzene rings is 1. The van der Waals surface area contributed by atoms with Crippen molar-refractivity contribution < 1.29 is 14.3 Å². The molecular weight excluding hydrogens is 284 g/mol. The lowest BCUT2D eigenvalue weighted by Gasteiger charge is -2.08. The van der Waals surface area contributed by atoms with Crippen molar-refractivity contribution in [3.05, 3.63) is 51.2 Å². The van der Waals surface area contributed by atoms with Crippen molar-refractivity contribution in [1.82, 2.24) is 0 Å². The fourth-order valence-corrected chi connectivity index (χ4v) is 3.64. The van der Waals surface area contributed by atoms with Crippen LogP contribution in [0.3, 0.4) is 0 Å². The Morgan fingerprint density at radius 1 is 1.10 bits per heavy atom. The summed E-state index contributed by atoms with van der Waals surface area (Å²) in [5.41, 5.74) is 1.91. The fraction of sp³-hybridized carbons (Fsp3) is 0.294. The largest absolute Gasteiger partial charge is 0.422 e. The number of rotatable bonds is 3. The number of hydrogen-bond acceptors (Lipinski definition) is 4. The Labute approximate surface area is 127 Å². The van der Waals surface area contributed by atoms with Crippen LogP contribution < -0.4 is 4.74 Å². The molecule has 0 saturated carbocycles. The zero-order valence-electron chi connectivity index (χ0n) is 11.8. The van der Waals surface area contributed by atoms with Crippen LogP contribution in [0.1, 0.15) is 50.2 Å². The van der Waals surface area contributed by atoms with E-state index in [0.29, 0.717) is 16.2 Å². The van der Waals surface area contributed by atoms with Crippen molar-refractivity contribution in [2.45, 2.75) is 32.6 Å². The van der Waals surface area contributed by atoms with Gasteiger partial charge in [-0.15, -0.1) is 11.3 Å². The standard InChI is InChI=1S/C17H16O3S/c1-11(18)12-6-8-14(9-7-12)20-17(19)16-10-13-4-2-3-5-15(13)21-16/h6-10H,2-5H2,1H3. The molecule has 0 spiro atoms. The van der Waals surface area contributed by atoms with E-state index in [0.717, 1.165) is 12.8 Å². The van der Waals surface area contributed by atoms with Crippen LogP contribution >= 0.6 is 11.3 Å². The van der Waals surface area contributed by atoms with E-state index in [4.69, 9.17) is 4.74 Å². The molecule has 0 aliphatic heterocycles. The van der Waals surface area contributed by atoms with Gasteiger partial charge in [0.15, 0.2) is 5.78 Å². The normalized spacial score (nSPS) is 13.6. The molecule has 3 nitrogen and oxygen atoms in total. The molecule has 2 aromatic rings. The number of fused-ring (bicyclic) bond motifs is 1. The number of ether oxygens (including phenoxy) is 1. The lowest BCUT2D eigenvalue weighted by molar-refractivity contribution is 0.0739. The molecule has 1 aromatic carbocycles. The van der Waals surface area contributed by atoms with Crippen molar-refractivity contribution in [2.75, 3.05) is 0 Å². The van der Waals surface area contributed by atoms with Gasteiger partial charge in [-0.05, 0) is 68.5 Å². The monoisotopic (exact) mass is 300 g/mol. The Morgan fingerprint density at radius 3 is 2.48 bits per heavy atom. The predicted molar refractivity (Wildman–Crippen MR) is 82.4 cm³/mol. The van der Waals surface area contributed by atoms with Crippen LogP contribution in [-0.4, -0.2) is 11.8 Å². The van der Waals surface area contributed by atoms with Gasteiger partial charge in [-0.2, -0.15) is 0 Å². The lowest BCUT2D eigenvalue weighted by atomic mass is 9.99. The Morgan fingerprint density at radius 2 is 1.81 bits per heavy atom. The molecule has 1 aromatic heterocycles. The molecule has 4 heteroatoms. The first-order valence-corrected chi connectivity index (χ1v) is 7.90. The quantitative estimate of drug-likeness (QED) is 0.488. The maximum Gasteiger partial charge on any atom is 0.353 e. The number of carbonyl (C=O) groups is 2. The summed E-state index contributed by atoms with van der Waals surface area (Å²) in [4.78, 5) is 25.4. The van der Waals surface area contributed by atoms with Gasteiger partial charge in [0.1, 0.15) is 10.6 Å². The topological polar surface area (TPSA) is 43.4 Å². The summed E-state index contributed by atoms with van der Waals surface area (Å²) in [6, 6.07) is 8.62. The van der Waals surface area contributed by atoms with Crippen LogP contribution in [-0.2, 0) is 12.8 Å². The van der Waals surface area contributed by atoms with Crippen molar-refractivity contribution in [2.24, 2.45) is 0 Å². The van der Waals surface area contributed by atoms with Crippen LogP contribution in [0.4, 0.5) is 0 Å². The van der Waals surface area contributed by atoms with Crippen molar-refractivity contribution in [1.29, 1.82) is 0 Å². The second-order valence-electron chi connectivity index (χ2n) is 5.24. The van der Waals surface area contributed by atoms with Gasteiger partial charge in [0, 0.05) is 10.4 Å². The highest BCUT2D eigenvalue weighted by molar-refractivity contribution is 7.14. The number of carbonyl (C=O) groups excluding carboxylic acids is 2. The lowest BCUT2D eigenvalue weighted by Crippen LogP contribution is -2.06. The van der Waals surface area contributed by atoms with Crippen LogP contribution in [0.15, 0.2) is 30.3 Å². The second-order valence-corrected chi connectivity index (χ2v) is 6.37. The van der Waals surface area contributed by atoms with E-state index in [2.05, 4.69) is 0 Å². The van der Waals surface area contributed by atoms with Crippen molar-refractivity contribution in [3.63, 3.8) is 0 Å². The van der Waals surface area contributed by atoms with E-state index in [9.17, 15) is 9.59 Å². The Balaban J connectivity index is 1.73. The molecule has 3 rings (SSSR count). The molecule has 21 heavy (non-hydrogen) atoms. The zero-order valence-corrected chi connectivity index (χ0v) is 12.7. The highest BCUT2D eigenvalue weighted by atomic mass is 32.1. The molecular formula is C17H16O3S. The summed E-state index contributed by atoms with van der Waals surface area (Å²) in [6.45, 7) is 1.51. The summed E-state index contributed by atoms with van der Waals surface area (Å²) < 4.78 is 5.37. The van der Waals surface area contributed by atoms with Gasteiger partial charge < -0.3 is 4.74 Å². The second kappa shape index (κ2) is 5.82. The number of ketones is 1. The first kappa shape index (κ1) is 14.0. The van der Waals surface area contributed by atoms with Crippen molar-refractivity contribution in [3.8, 4) is 5.75 Å². The smallest absolute Gasteiger partial charge is 0.353 e. The Kier molecular flexibility index (Phi) is 3.88. The number of thiophene rings is 1. The minimum Gasteiger partial charge on any atom is -0.422 e. The highest BCUT2D eigenvalue weighted by Crippen LogP contribution is 2.30. The van der Waals surface area contributed by atoms with E-state index in [1.807, 2.05) is 6.07 Å². The summed E-state index contributed by atoms with van der Waals surface area (Å²) in [5.74, 6) is 0.153. The third-order valence-electron chi connectivity index (χ3n) is 3.67. The Bertz CT molecular complexity index is 659. The van der Waals surface area contributed by atoms with E-state index < -0.39 is 0 Å². The summed E-state index contributed by atoms with van der Waals surface area (Å²) in [7, 11) is 0. The minimum atomic E-state index is -0.315. The van der Waals surface area contributed by atoms with Gasteiger partial charge in [0.2, 0.25) is 0 Å². The third kappa shape index (κ3) is 3.05. The van der Waals surface area contributed by atoms with Crippen LogP contribution in [0, 0.1) is 0 Å². The molecule has 1 aliphatic rings. The molecule has 0 atom stereocenters. The minimum absolute atomic E-state index is 0.00110. The molecule has 0 radical (unpaired) electrons. The van der Waals surface area contributed by atoms with Gasteiger partial charge in [-0.3, -0.25) is 4.79 Å². The SMILES string of the molecule is CC(=O)c1ccc(OC(=O)c2cc3c(s2)CCCC3)cc1. The molecule has 108 valence electrons. The molecule has 1 heterocycles. The number of hydrogen-bond donors (Lipinski definition) is 0. The summed E-state index contributed by atoms with van der Waals surface area (Å²) >= 11 is 1.54. The molecule has 0 N–H and O–H groups in total. The molecule has 0 amide bonds. The van der Waals surface area contributed by atoms with E-state index >= 15 is 0 Å². The number of aryl methyl sites for hydroxylation is 2. The van der Waals surface area contributed by atoms with E-state index in [1.54, 1.807) is 35.6 Å². The van der Waals surface area contributed by atoms with Gasteiger partial charge in [-0.25, -0.2) is 4.79 Å². The van der Waals surface area contributed by atoms with Gasteiger partial charge in [0.25, 0.3) is 0 Å². The average Bonchev–Trinajstić information content (AvgIpc) is 2.92. The van der Waals surface area contributed by atoms with Crippen molar-refractivity contribution >= 4 is 23.1 Å². The van der Waals surface area contributed by atoms with Crippen LogP contribution in [0.2, 0.25) is 0 Å². The van der Waals surface area contributed by atoms with Crippen LogP contribution in [0.5, 0.6) is 5.75 Å². The highest BCUT2D eigenvalue weighted by Gasteiger charge is 2.18. The molecule has 1 aliphatic carbocycles. The maximum absolute atomic E-state index is 12.2.